The van der Waals surface area contributed by atoms with Crippen molar-refractivity contribution in [2.45, 2.75) is 6.54 Å². The van der Waals surface area contributed by atoms with Gasteiger partial charge in [0, 0.05) is 35.4 Å². The summed E-state index contributed by atoms with van der Waals surface area (Å²) in [4.78, 5) is 25.2. The number of fused-ring (bicyclic) bond motifs is 1. The third kappa shape index (κ3) is 4.30. The van der Waals surface area contributed by atoms with E-state index in [4.69, 9.17) is 28.3 Å². The Morgan fingerprint density at radius 1 is 1.23 bits per heavy atom. The second-order valence-corrected chi connectivity index (χ2v) is 7.21. The van der Waals surface area contributed by atoms with Gasteiger partial charge in [0.2, 0.25) is 0 Å². The number of aromatic nitrogens is 1. The molecule has 2 aromatic carbocycles. The first kappa shape index (κ1) is 21.4. The summed E-state index contributed by atoms with van der Waals surface area (Å²) >= 11 is 11.9. The van der Waals surface area contributed by atoms with Crippen molar-refractivity contribution in [3.05, 3.63) is 69.6 Å². The Morgan fingerprint density at radius 3 is 2.60 bits per heavy atom. The number of benzene rings is 2. The number of aliphatic carboxylic acids is 1. The van der Waals surface area contributed by atoms with Crippen molar-refractivity contribution in [2.75, 3.05) is 11.9 Å². The zero-order valence-electron chi connectivity index (χ0n) is 15.6. The minimum Gasteiger partial charge on any atom is -0.480 e. The third-order valence-electron chi connectivity index (χ3n) is 4.43. The summed E-state index contributed by atoms with van der Waals surface area (Å²) in [5.74, 6) is -2.22. The minimum absolute atomic E-state index is 0.220. The molecule has 0 unspecified atom stereocenters. The van der Waals surface area contributed by atoms with E-state index in [-0.39, 0.29) is 17.1 Å². The molecule has 0 saturated carbocycles. The summed E-state index contributed by atoms with van der Waals surface area (Å²) in [7, 11) is 1.47. The van der Waals surface area contributed by atoms with E-state index in [2.05, 4.69) is 0 Å². The van der Waals surface area contributed by atoms with Crippen molar-refractivity contribution in [2.24, 2.45) is 0 Å². The van der Waals surface area contributed by atoms with Crippen molar-refractivity contribution in [1.29, 1.82) is 5.26 Å². The van der Waals surface area contributed by atoms with Crippen LogP contribution in [-0.4, -0.2) is 28.6 Å². The maximum absolute atomic E-state index is 13.8. The summed E-state index contributed by atoms with van der Waals surface area (Å²) in [5, 5.41) is 19.6. The number of carboxylic acids is 1. The Labute approximate surface area is 180 Å². The van der Waals surface area contributed by atoms with E-state index in [9.17, 15) is 19.2 Å². The zero-order chi connectivity index (χ0) is 22.0. The standard InChI is InChI=1S/C21H14Cl2FN3O3/c1-26(15-3-4-17(22)18(23)8-15)21(30)12(9-25)6-13-10-27(11-20(28)29)19-5-2-14(24)7-16(13)19/h2-8,10H,11H2,1H3,(H,28,29)/b12-6+. The molecule has 0 fully saturated rings. The fraction of sp³-hybridized carbons (Fsp3) is 0.0952. The Kier molecular flexibility index (Phi) is 6.11. The predicted molar refractivity (Wildman–Crippen MR) is 113 cm³/mol. The Bertz CT molecular complexity index is 1240. The maximum atomic E-state index is 13.8. The molecule has 0 bridgehead atoms. The molecule has 9 heteroatoms. The molecule has 0 radical (unpaired) electrons. The number of halogens is 3. The molecule has 1 heterocycles. The first-order valence-electron chi connectivity index (χ1n) is 8.56. The Hall–Kier alpha value is -3.34. The van der Waals surface area contributed by atoms with Gasteiger partial charge in [-0.2, -0.15) is 5.26 Å². The molecule has 1 N–H and O–H groups in total. The van der Waals surface area contributed by atoms with Crippen molar-refractivity contribution < 1.29 is 19.1 Å². The van der Waals surface area contributed by atoms with Crippen LogP contribution < -0.4 is 4.90 Å². The summed E-state index contributed by atoms with van der Waals surface area (Å²) < 4.78 is 15.2. The Balaban J connectivity index is 2.05. The third-order valence-corrected chi connectivity index (χ3v) is 5.16. The lowest BCUT2D eigenvalue weighted by Crippen LogP contribution is -2.27. The van der Waals surface area contributed by atoms with Gasteiger partial charge in [0.1, 0.15) is 24.0 Å². The molecule has 0 saturated heterocycles. The van der Waals surface area contributed by atoms with E-state index >= 15 is 0 Å². The highest BCUT2D eigenvalue weighted by molar-refractivity contribution is 6.42. The number of carbonyl (C=O) groups excluding carboxylic acids is 1. The number of amides is 1. The molecular formula is C21H14Cl2FN3O3. The van der Waals surface area contributed by atoms with Crippen LogP contribution in [0.1, 0.15) is 5.56 Å². The van der Waals surface area contributed by atoms with Gasteiger partial charge in [-0.1, -0.05) is 23.2 Å². The largest absolute Gasteiger partial charge is 0.480 e. The van der Waals surface area contributed by atoms with Gasteiger partial charge in [-0.05, 0) is 42.5 Å². The summed E-state index contributed by atoms with van der Waals surface area (Å²) in [6.07, 6.45) is 2.76. The zero-order valence-corrected chi connectivity index (χ0v) is 17.1. The molecule has 0 aliphatic carbocycles. The van der Waals surface area contributed by atoms with Gasteiger partial charge in [-0.3, -0.25) is 9.59 Å². The highest BCUT2D eigenvalue weighted by atomic mass is 35.5. The number of carboxylic acid groups (broad SMARTS) is 1. The molecule has 6 nitrogen and oxygen atoms in total. The average molecular weight is 446 g/mol. The molecule has 0 aliphatic heterocycles. The number of hydrogen-bond donors (Lipinski definition) is 1. The number of rotatable bonds is 5. The van der Waals surface area contributed by atoms with E-state index < -0.39 is 17.7 Å². The average Bonchev–Trinajstić information content (AvgIpc) is 3.02. The van der Waals surface area contributed by atoms with Crippen molar-refractivity contribution in [3.8, 4) is 6.07 Å². The first-order chi connectivity index (χ1) is 14.2. The van der Waals surface area contributed by atoms with Crippen molar-refractivity contribution in [3.63, 3.8) is 0 Å². The number of hydrogen-bond acceptors (Lipinski definition) is 3. The van der Waals surface area contributed by atoms with Gasteiger partial charge in [-0.15, -0.1) is 0 Å². The van der Waals surface area contributed by atoms with Gasteiger partial charge in [-0.25, -0.2) is 4.39 Å². The second-order valence-electron chi connectivity index (χ2n) is 6.40. The van der Waals surface area contributed by atoms with Gasteiger partial charge < -0.3 is 14.6 Å². The fourth-order valence-electron chi connectivity index (χ4n) is 2.98. The van der Waals surface area contributed by atoms with Crippen LogP contribution >= 0.6 is 23.2 Å². The maximum Gasteiger partial charge on any atom is 0.323 e. The SMILES string of the molecule is CN(C(=O)/C(C#N)=C/c1cn(CC(=O)O)c2ccc(F)cc12)c1ccc(Cl)c(Cl)c1. The molecule has 1 amide bonds. The number of nitrogens with zero attached hydrogens (tertiary/aromatic N) is 3. The fourth-order valence-corrected chi connectivity index (χ4v) is 3.27. The number of likely N-dealkylation sites (N-methyl/N-ethyl adjacent to an activating group) is 1. The predicted octanol–water partition coefficient (Wildman–Crippen LogP) is 4.74. The smallest absolute Gasteiger partial charge is 0.323 e. The molecule has 3 rings (SSSR count). The van der Waals surface area contributed by atoms with Crippen LogP contribution in [0.3, 0.4) is 0 Å². The van der Waals surface area contributed by atoms with E-state index in [1.54, 1.807) is 6.07 Å². The van der Waals surface area contributed by atoms with Crippen LogP contribution in [0.2, 0.25) is 10.0 Å². The van der Waals surface area contributed by atoms with E-state index in [1.807, 2.05) is 6.07 Å². The molecule has 3 aromatic rings. The quantitative estimate of drug-likeness (QED) is 0.453. The summed E-state index contributed by atoms with van der Waals surface area (Å²) in [6, 6.07) is 10.3. The molecular weight excluding hydrogens is 432 g/mol. The highest BCUT2D eigenvalue weighted by Gasteiger charge is 2.19. The van der Waals surface area contributed by atoms with Gasteiger partial charge in [0.15, 0.2) is 0 Å². The van der Waals surface area contributed by atoms with Crippen LogP contribution in [0, 0.1) is 17.1 Å². The van der Waals surface area contributed by atoms with E-state index in [1.165, 1.54) is 59.1 Å². The van der Waals surface area contributed by atoms with E-state index in [0.717, 1.165) is 0 Å². The summed E-state index contributed by atoms with van der Waals surface area (Å²) in [6.45, 7) is -0.352. The van der Waals surface area contributed by atoms with Gasteiger partial charge in [0.05, 0.1) is 10.0 Å². The molecule has 0 aliphatic rings. The van der Waals surface area contributed by atoms with Crippen molar-refractivity contribution in [1.82, 2.24) is 4.57 Å². The lowest BCUT2D eigenvalue weighted by Gasteiger charge is -2.17. The van der Waals surface area contributed by atoms with E-state index in [0.29, 0.717) is 27.2 Å². The Morgan fingerprint density at radius 2 is 1.97 bits per heavy atom. The molecule has 152 valence electrons. The normalized spacial score (nSPS) is 11.4. The van der Waals surface area contributed by atoms with Crippen LogP contribution in [0.5, 0.6) is 0 Å². The van der Waals surface area contributed by atoms with Gasteiger partial charge in [0.25, 0.3) is 5.91 Å². The minimum atomic E-state index is -1.08. The highest BCUT2D eigenvalue weighted by Crippen LogP contribution is 2.28. The topological polar surface area (TPSA) is 86.3 Å². The second kappa shape index (κ2) is 8.57. The molecule has 0 spiro atoms. The molecule has 0 atom stereocenters. The summed E-state index contributed by atoms with van der Waals surface area (Å²) in [5.41, 5.74) is 1.02. The number of carbonyl (C=O) groups is 2. The lowest BCUT2D eigenvalue weighted by molar-refractivity contribution is -0.137. The van der Waals surface area contributed by atoms with Crippen molar-refractivity contribution >= 4 is 57.7 Å². The molecule has 1 aromatic heterocycles. The number of anilines is 1. The lowest BCUT2D eigenvalue weighted by atomic mass is 10.1. The van der Waals surface area contributed by atoms with Crippen LogP contribution in [0.15, 0.2) is 48.2 Å². The first-order valence-corrected chi connectivity index (χ1v) is 9.32. The molecule has 30 heavy (non-hydrogen) atoms. The van der Waals surface area contributed by atoms with Crippen LogP contribution in [0.25, 0.3) is 17.0 Å². The number of nitriles is 1. The van der Waals surface area contributed by atoms with Gasteiger partial charge >= 0.3 is 5.97 Å². The van der Waals surface area contributed by atoms with Crippen LogP contribution in [0.4, 0.5) is 10.1 Å². The van der Waals surface area contributed by atoms with Crippen LogP contribution in [-0.2, 0) is 16.1 Å². The monoisotopic (exact) mass is 445 g/mol.